The topological polar surface area (TPSA) is 81.7 Å². The predicted octanol–water partition coefficient (Wildman–Crippen LogP) is -0.614. The summed E-state index contributed by atoms with van der Waals surface area (Å²) < 4.78 is 0. The number of hydrogen-bond acceptors (Lipinski definition) is 5. The van der Waals surface area contributed by atoms with Crippen LogP contribution in [0.15, 0.2) is 0 Å². The van der Waals surface area contributed by atoms with E-state index in [1.165, 1.54) is 0 Å². The third-order valence-electron chi connectivity index (χ3n) is 3.83. The van der Waals surface area contributed by atoms with Crippen molar-refractivity contribution in [3.8, 4) is 0 Å². The monoisotopic (exact) mass is 301 g/mol. The van der Waals surface area contributed by atoms with Crippen molar-refractivity contribution in [1.82, 2.24) is 15.5 Å². The van der Waals surface area contributed by atoms with Crippen molar-refractivity contribution in [3.05, 3.63) is 0 Å². The number of rotatable bonds is 5. The highest BCUT2D eigenvalue weighted by Crippen LogP contribution is 2.20. The molecule has 2 heterocycles. The molecule has 0 radical (unpaired) electrons. The second-order valence-corrected chi connectivity index (χ2v) is 6.27. The molecule has 1 atom stereocenters. The van der Waals surface area contributed by atoms with Crippen LogP contribution in [-0.4, -0.2) is 65.7 Å². The van der Waals surface area contributed by atoms with Crippen LogP contribution in [0, 0.1) is 5.92 Å². The molecule has 2 saturated heterocycles. The average Bonchev–Trinajstić information content (AvgIpc) is 3.01. The smallest absolute Gasteiger partial charge is 0.240 e. The predicted molar refractivity (Wildman–Crippen MR) is 78.3 cm³/mol. The van der Waals surface area contributed by atoms with Crippen molar-refractivity contribution in [3.63, 3.8) is 0 Å². The molecule has 0 aromatic carbocycles. The first-order chi connectivity index (χ1) is 9.72. The van der Waals surface area contributed by atoms with Gasteiger partial charge < -0.3 is 15.3 Å². The first-order valence-corrected chi connectivity index (χ1v) is 8.36. The molecule has 3 N–H and O–H groups in total. The first kappa shape index (κ1) is 15.6. The van der Waals surface area contributed by atoms with E-state index in [1.54, 1.807) is 11.8 Å². The number of nitrogens with zero attached hydrogens (tertiary/aromatic N) is 1. The van der Waals surface area contributed by atoms with Gasteiger partial charge in [-0.3, -0.25) is 14.9 Å². The van der Waals surface area contributed by atoms with E-state index in [0.29, 0.717) is 26.1 Å². The molecule has 6 nitrogen and oxygen atoms in total. The molecule has 2 amide bonds. The molecule has 7 heteroatoms. The fraction of sp³-hybridized carbons (Fsp3) is 0.846. The minimum Gasteiger partial charge on any atom is -0.396 e. The van der Waals surface area contributed by atoms with Gasteiger partial charge in [0.05, 0.1) is 6.04 Å². The molecule has 1 unspecified atom stereocenters. The van der Waals surface area contributed by atoms with Gasteiger partial charge in [-0.15, -0.1) is 11.8 Å². The largest absolute Gasteiger partial charge is 0.396 e. The minimum absolute atomic E-state index is 0.00338. The Bertz CT molecular complexity index is 340. The SMILES string of the molecule is O=C(NCCCO)C1CCN(C(=O)C2CSCN2)CC1. The van der Waals surface area contributed by atoms with Gasteiger partial charge in [0, 0.05) is 43.8 Å². The molecule has 2 fully saturated rings. The van der Waals surface area contributed by atoms with Crippen molar-refractivity contribution >= 4 is 23.6 Å². The van der Waals surface area contributed by atoms with Crippen LogP contribution in [0.2, 0.25) is 0 Å². The third-order valence-corrected chi connectivity index (χ3v) is 4.77. The summed E-state index contributed by atoms with van der Waals surface area (Å²) >= 11 is 1.75. The van der Waals surface area contributed by atoms with E-state index in [2.05, 4.69) is 10.6 Å². The Hall–Kier alpha value is -0.790. The molecule has 114 valence electrons. The number of amides is 2. The molecular formula is C13H23N3O3S. The standard InChI is InChI=1S/C13H23N3O3S/c17-7-1-4-14-12(18)10-2-5-16(6-3-10)13(19)11-8-20-9-15-11/h10-11,15,17H,1-9H2,(H,14,18). The van der Waals surface area contributed by atoms with Crippen LogP contribution in [0.4, 0.5) is 0 Å². The highest BCUT2D eigenvalue weighted by molar-refractivity contribution is 7.99. The van der Waals surface area contributed by atoms with Gasteiger partial charge in [0.15, 0.2) is 0 Å². The Balaban J connectivity index is 1.71. The van der Waals surface area contributed by atoms with Crippen LogP contribution in [0.3, 0.4) is 0 Å². The maximum Gasteiger partial charge on any atom is 0.240 e. The van der Waals surface area contributed by atoms with Crippen molar-refractivity contribution in [2.45, 2.75) is 25.3 Å². The van der Waals surface area contributed by atoms with Crippen LogP contribution in [0.1, 0.15) is 19.3 Å². The zero-order chi connectivity index (χ0) is 14.4. The number of piperidine rings is 1. The van der Waals surface area contributed by atoms with Crippen LogP contribution in [-0.2, 0) is 9.59 Å². The van der Waals surface area contributed by atoms with Crippen LogP contribution < -0.4 is 10.6 Å². The van der Waals surface area contributed by atoms with Crippen LogP contribution in [0.5, 0.6) is 0 Å². The van der Waals surface area contributed by atoms with Crippen molar-refractivity contribution < 1.29 is 14.7 Å². The molecular weight excluding hydrogens is 278 g/mol. The number of hydrogen-bond donors (Lipinski definition) is 3. The zero-order valence-electron chi connectivity index (χ0n) is 11.6. The summed E-state index contributed by atoms with van der Waals surface area (Å²) in [4.78, 5) is 26.0. The maximum atomic E-state index is 12.2. The summed E-state index contributed by atoms with van der Waals surface area (Å²) in [7, 11) is 0. The van der Waals surface area contributed by atoms with Crippen LogP contribution >= 0.6 is 11.8 Å². The molecule has 2 aliphatic heterocycles. The number of carbonyl (C=O) groups is 2. The van der Waals surface area contributed by atoms with E-state index in [-0.39, 0.29) is 30.4 Å². The molecule has 0 aromatic rings. The fourth-order valence-corrected chi connectivity index (χ4v) is 3.50. The summed E-state index contributed by atoms with van der Waals surface area (Å²) in [5.74, 6) is 1.93. The molecule has 0 saturated carbocycles. The lowest BCUT2D eigenvalue weighted by atomic mass is 9.95. The number of aliphatic hydroxyl groups excluding tert-OH is 1. The van der Waals surface area contributed by atoms with Gasteiger partial charge in [0.25, 0.3) is 0 Å². The van der Waals surface area contributed by atoms with Crippen molar-refractivity contribution in [2.75, 3.05) is 37.9 Å². The number of aliphatic hydroxyl groups is 1. The number of nitrogens with one attached hydrogen (secondary N) is 2. The Labute approximate surface area is 123 Å². The minimum atomic E-state index is -0.0464. The second kappa shape index (κ2) is 7.85. The van der Waals surface area contributed by atoms with Crippen molar-refractivity contribution in [1.29, 1.82) is 0 Å². The normalized spacial score (nSPS) is 23.9. The Morgan fingerprint density at radius 2 is 2.10 bits per heavy atom. The van der Waals surface area contributed by atoms with E-state index < -0.39 is 0 Å². The first-order valence-electron chi connectivity index (χ1n) is 7.21. The summed E-state index contributed by atoms with van der Waals surface area (Å²) in [6.07, 6.45) is 2.06. The lowest BCUT2D eigenvalue weighted by molar-refractivity contribution is -0.136. The zero-order valence-corrected chi connectivity index (χ0v) is 12.5. The fourth-order valence-electron chi connectivity index (χ4n) is 2.57. The van der Waals surface area contributed by atoms with Gasteiger partial charge in [-0.1, -0.05) is 0 Å². The lowest BCUT2D eigenvalue weighted by Gasteiger charge is -2.32. The van der Waals surface area contributed by atoms with Gasteiger partial charge in [-0.05, 0) is 19.3 Å². The lowest BCUT2D eigenvalue weighted by Crippen LogP contribution is -2.49. The van der Waals surface area contributed by atoms with Gasteiger partial charge in [-0.25, -0.2) is 0 Å². The van der Waals surface area contributed by atoms with Gasteiger partial charge in [0.1, 0.15) is 0 Å². The molecule has 0 aliphatic carbocycles. The van der Waals surface area contributed by atoms with E-state index in [0.717, 1.165) is 24.5 Å². The van der Waals surface area contributed by atoms with E-state index in [4.69, 9.17) is 5.11 Å². The van der Waals surface area contributed by atoms with Gasteiger partial charge in [-0.2, -0.15) is 0 Å². The summed E-state index contributed by atoms with van der Waals surface area (Å²) in [5, 5.41) is 14.7. The molecule has 2 aliphatic rings. The van der Waals surface area contributed by atoms with E-state index in [9.17, 15) is 9.59 Å². The molecule has 0 aromatic heterocycles. The van der Waals surface area contributed by atoms with E-state index in [1.807, 2.05) is 4.90 Å². The Morgan fingerprint density at radius 3 is 2.70 bits per heavy atom. The van der Waals surface area contributed by atoms with E-state index >= 15 is 0 Å². The number of likely N-dealkylation sites (tertiary alicyclic amines) is 1. The molecule has 0 bridgehead atoms. The van der Waals surface area contributed by atoms with Gasteiger partial charge in [0.2, 0.25) is 11.8 Å². The molecule has 20 heavy (non-hydrogen) atoms. The number of carbonyl (C=O) groups excluding carboxylic acids is 2. The highest BCUT2D eigenvalue weighted by Gasteiger charge is 2.31. The maximum absolute atomic E-state index is 12.2. The highest BCUT2D eigenvalue weighted by atomic mass is 32.2. The van der Waals surface area contributed by atoms with Gasteiger partial charge >= 0.3 is 0 Å². The number of thioether (sulfide) groups is 1. The Morgan fingerprint density at radius 1 is 1.35 bits per heavy atom. The summed E-state index contributed by atoms with van der Waals surface area (Å²) in [6, 6.07) is -0.0464. The average molecular weight is 301 g/mol. The quantitative estimate of drug-likeness (QED) is 0.590. The molecule has 2 rings (SSSR count). The third kappa shape index (κ3) is 4.10. The summed E-state index contributed by atoms with van der Waals surface area (Å²) in [5.41, 5.74) is 0. The van der Waals surface area contributed by atoms with Crippen LogP contribution in [0.25, 0.3) is 0 Å². The molecule has 0 spiro atoms. The van der Waals surface area contributed by atoms with Crippen molar-refractivity contribution in [2.24, 2.45) is 5.92 Å². The second-order valence-electron chi connectivity index (χ2n) is 5.24. The Kier molecular flexibility index (Phi) is 6.12. The summed E-state index contributed by atoms with van der Waals surface area (Å²) in [6.45, 7) is 1.96.